The third kappa shape index (κ3) is 4.54. The second-order valence-electron chi connectivity index (χ2n) is 8.51. The fraction of sp³-hybridized carbons (Fsp3) is 0.619. The molecule has 1 aromatic carbocycles. The molecule has 3 atom stereocenters. The molecule has 2 aromatic rings. The molecule has 2 fully saturated rings. The molecule has 0 unspecified atom stereocenters. The first kappa shape index (κ1) is 22.8. The molecule has 0 bridgehead atoms. The number of halogens is 4. The van der Waals surface area contributed by atoms with Gasteiger partial charge in [0.1, 0.15) is 11.6 Å². The summed E-state index contributed by atoms with van der Waals surface area (Å²) in [5.41, 5.74) is 7.88. The number of hydrogen-bond donors (Lipinski definition) is 2. The van der Waals surface area contributed by atoms with Crippen molar-refractivity contribution in [3.05, 3.63) is 29.7 Å². The van der Waals surface area contributed by atoms with Gasteiger partial charge in [0.25, 0.3) is 6.43 Å². The van der Waals surface area contributed by atoms with Crippen LogP contribution in [0.4, 0.5) is 22.4 Å². The van der Waals surface area contributed by atoms with Crippen molar-refractivity contribution >= 4 is 17.1 Å². The van der Waals surface area contributed by atoms with Crippen LogP contribution in [-0.2, 0) is 4.74 Å². The summed E-state index contributed by atoms with van der Waals surface area (Å²) < 4.78 is 64.1. The first-order valence-electron chi connectivity index (χ1n) is 10.6. The van der Waals surface area contributed by atoms with E-state index in [-0.39, 0.29) is 37.8 Å². The van der Waals surface area contributed by atoms with Crippen molar-refractivity contribution in [2.75, 3.05) is 20.3 Å². The molecular weight excluding hydrogens is 432 g/mol. The van der Waals surface area contributed by atoms with Crippen molar-refractivity contribution in [3.63, 3.8) is 0 Å². The van der Waals surface area contributed by atoms with Crippen LogP contribution in [0.3, 0.4) is 0 Å². The molecule has 1 aliphatic carbocycles. The number of benzene rings is 1. The maximum atomic E-state index is 13.5. The fourth-order valence-electron chi connectivity index (χ4n) is 4.45. The molecule has 4 rings (SSSR count). The van der Waals surface area contributed by atoms with Gasteiger partial charge in [-0.25, -0.2) is 27.3 Å². The molecule has 176 valence electrons. The molecule has 2 amide bonds. The minimum absolute atomic E-state index is 0.107. The van der Waals surface area contributed by atoms with Crippen LogP contribution in [0, 0.1) is 5.92 Å². The fourth-order valence-corrected chi connectivity index (χ4v) is 4.45. The zero-order valence-corrected chi connectivity index (χ0v) is 17.6. The van der Waals surface area contributed by atoms with E-state index in [0.717, 1.165) is 0 Å². The Hall–Kier alpha value is -2.40. The van der Waals surface area contributed by atoms with Crippen LogP contribution in [0.2, 0.25) is 0 Å². The van der Waals surface area contributed by atoms with E-state index >= 15 is 0 Å². The maximum Gasteiger partial charge on any atom is 0.318 e. The molecular formula is C21H26F4N4O3. The van der Waals surface area contributed by atoms with Gasteiger partial charge in [0.2, 0.25) is 11.8 Å². The Kier molecular flexibility index (Phi) is 6.30. The van der Waals surface area contributed by atoms with E-state index < -0.39 is 36.5 Å². The summed E-state index contributed by atoms with van der Waals surface area (Å²) in [5.74, 6) is -2.52. The highest BCUT2D eigenvalue weighted by Crippen LogP contribution is 2.41. The highest BCUT2D eigenvalue weighted by molar-refractivity contribution is 5.78. The molecule has 1 saturated heterocycles. The third-order valence-electron chi connectivity index (χ3n) is 6.34. The molecule has 1 aromatic heterocycles. The number of methoxy groups -OCH3 is 1. The number of carbonyl (C=O) groups excluding carboxylic acids is 1. The molecule has 0 spiro atoms. The largest absolute Gasteiger partial charge is 0.439 e. The SMILES string of the molecule is COC[C@H](c1ccc2oc([C@@H](N)C3CCC(F)(F)CC3)nc2c1)N1C[C@@H](C(F)F)NC1=O. The number of ether oxygens (including phenoxy) is 1. The minimum Gasteiger partial charge on any atom is -0.439 e. The second kappa shape index (κ2) is 8.86. The van der Waals surface area contributed by atoms with Crippen LogP contribution >= 0.6 is 0 Å². The van der Waals surface area contributed by atoms with Gasteiger partial charge in [-0.2, -0.15) is 0 Å². The van der Waals surface area contributed by atoms with E-state index in [1.54, 1.807) is 18.2 Å². The van der Waals surface area contributed by atoms with Crippen LogP contribution in [0.25, 0.3) is 11.1 Å². The van der Waals surface area contributed by atoms with Crippen molar-refractivity contribution in [2.45, 2.75) is 56.2 Å². The Morgan fingerprint density at radius 2 is 2.06 bits per heavy atom. The van der Waals surface area contributed by atoms with Gasteiger partial charge in [0.05, 0.1) is 18.7 Å². The Labute approximate surface area is 182 Å². The number of aromatic nitrogens is 1. The summed E-state index contributed by atoms with van der Waals surface area (Å²) in [6, 6.07) is 2.06. The number of carbonyl (C=O) groups is 1. The lowest BCUT2D eigenvalue weighted by molar-refractivity contribution is -0.0491. The maximum absolute atomic E-state index is 13.5. The Morgan fingerprint density at radius 1 is 1.34 bits per heavy atom. The summed E-state index contributed by atoms with van der Waals surface area (Å²) in [4.78, 5) is 18.1. The molecule has 1 saturated carbocycles. The Morgan fingerprint density at radius 3 is 2.69 bits per heavy atom. The third-order valence-corrected chi connectivity index (χ3v) is 6.34. The summed E-state index contributed by atoms with van der Waals surface area (Å²) in [6.45, 7) is -0.0425. The van der Waals surface area contributed by atoms with Crippen molar-refractivity contribution in [2.24, 2.45) is 11.7 Å². The van der Waals surface area contributed by atoms with Gasteiger partial charge in [0, 0.05) is 26.5 Å². The topological polar surface area (TPSA) is 93.6 Å². The van der Waals surface area contributed by atoms with Crippen LogP contribution in [0.5, 0.6) is 0 Å². The lowest BCUT2D eigenvalue weighted by atomic mass is 9.82. The van der Waals surface area contributed by atoms with Crippen molar-refractivity contribution in [1.29, 1.82) is 0 Å². The van der Waals surface area contributed by atoms with Crippen LogP contribution in [0.1, 0.15) is 49.2 Å². The number of hydrogen-bond acceptors (Lipinski definition) is 5. The normalized spacial score (nSPS) is 23.7. The average molecular weight is 458 g/mol. The molecule has 2 heterocycles. The molecule has 11 heteroatoms. The number of oxazole rings is 1. The van der Waals surface area contributed by atoms with E-state index in [1.807, 2.05) is 0 Å². The number of nitrogens with zero attached hydrogens (tertiary/aromatic N) is 2. The predicted molar refractivity (Wildman–Crippen MR) is 107 cm³/mol. The van der Waals surface area contributed by atoms with Crippen LogP contribution in [-0.4, -0.2) is 54.6 Å². The monoisotopic (exact) mass is 458 g/mol. The first-order chi connectivity index (χ1) is 15.2. The van der Waals surface area contributed by atoms with Gasteiger partial charge in [-0.15, -0.1) is 0 Å². The Balaban J connectivity index is 1.55. The minimum atomic E-state index is -2.67. The number of nitrogens with two attached hydrogens (primary N) is 1. The van der Waals surface area contributed by atoms with Gasteiger partial charge in [-0.05, 0) is 36.5 Å². The van der Waals surface area contributed by atoms with E-state index in [1.165, 1.54) is 12.0 Å². The van der Waals surface area contributed by atoms with E-state index in [2.05, 4.69) is 10.3 Å². The molecule has 1 aliphatic heterocycles. The van der Waals surface area contributed by atoms with Crippen molar-refractivity contribution < 1.29 is 31.5 Å². The predicted octanol–water partition coefficient (Wildman–Crippen LogP) is 4.00. The molecule has 7 nitrogen and oxygen atoms in total. The van der Waals surface area contributed by atoms with E-state index in [4.69, 9.17) is 14.9 Å². The highest BCUT2D eigenvalue weighted by Gasteiger charge is 2.40. The zero-order chi connectivity index (χ0) is 23.0. The first-order valence-corrected chi connectivity index (χ1v) is 10.6. The summed E-state index contributed by atoms with van der Waals surface area (Å²) in [5, 5.41) is 2.29. The number of rotatable bonds is 7. The highest BCUT2D eigenvalue weighted by atomic mass is 19.3. The number of nitrogens with one attached hydrogen (secondary N) is 1. The van der Waals surface area contributed by atoms with Crippen LogP contribution in [0.15, 0.2) is 22.6 Å². The lowest BCUT2D eigenvalue weighted by Gasteiger charge is -2.30. The number of urea groups is 1. The van der Waals surface area contributed by atoms with Gasteiger partial charge >= 0.3 is 6.03 Å². The van der Waals surface area contributed by atoms with Gasteiger partial charge < -0.3 is 25.1 Å². The zero-order valence-electron chi connectivity index (χ0n) is 17.6. The summed E-state index contributed by atoms with van der Waals surface area (Å²) in [6.07, 6.45) is -2.49. The molecule has 3 N–H and O–H groups in total. The summed E-state index contributed by atoms with van der Waals surface area (Å²) >= 11 is 0. The lowest BCUT2D eigenvalue weighted by Crippen LogP contribution is -2.34. The smallest absolute Gasteiger partial charge is 0.318 e. The second-order valence-corrected chi connectivity index (χ2v) is 8.51. The van der Waals surface area contributed by atoms with Crippen LogP contribution < -0.4 is 11.1 Å². The van der Waals surface area contributed by atoms with Gasteiger partial charge in [0.15, 0.2) is 5.58 Å². The van der Waals surface area contributed by atoms with Gasteiger partial charge in [-0.1, -0.05) is 6.07 Å². The molecule has 32 heavy (non-hydrogen) atoms. The number of fused-ring (bicyclic) bond motifs is 1. The van der Waals surface area contributed by atoms with Crippen molar-refractivity contribution in [3.8, 4) is 0 Å². The van der Waals surface area contributed by atoms with E-state index in [9.17, 15) is 22.4 Å². The molecule has 0 radical (unpaired) electrons. The number of amides is 2. The summed E-state index contributed by atoms with van der Waals surface area (Å²) in [7, 11) is 1.46. The quantitative estimate of drug-likeness (QED) is 0.612. The number of alkyl halides is 4. The van der Waals surface area contributed by atoms with Crippen molar-refractivity contribution in [1.82, 2.24) is 15.2 Å². The van der Waals surface area contributed by atoms with Gasteiger partial charge in [-0.3, -0.25) is 0 Å². The average Bonchev–Trinajstić information content (AvgIpc) is 3.34. The molecule has 2 aliphatic rings. The standard InChI is InChI=1S/C21H26F4N4O3/c1-31-10-15(29-9-14(18(22)23)28-20(29)30)12-2-3-16-13(8-12)27-19(32-16)17(26)11-4-6-21(24,25)7-5-11/h2-3,8,11,14-15,17-18H,4-7,9-10,26H2,1H3,(H,28,30)/t14-,15+,17-/m0/s1. The Bertz CT molecular complexity index is 960. The van der Waals surface area contributed by atoms with E-state index in [0.29, 0.717) is 29.5 Å².